The number of ether oxygens (including phenoxy) is 2. The summed E-state index contributed by atoms with van der Waals surface area (Å²) in [5, 5.41) is 0. The van der Waals surface area contributed by atoms with Crippen molar-refractivity contribution in [2.75, 3.05) is 6.61 Å². The van der Waals surface area contributed by atoms with E-state index >= 15 is 0 Å². The quantitative estimate of drug-likeness (QED) is 0.869. The molecule has 0 radical (unpaired) electrons. The molecule has 0 heterocycles. The van der Waals surface area contributed by atoms with Gasteiger partial charge in [0.05, 0.1) is 6.10 Å². The smallest absolute Gasteiger partial charge is 0.405 e. The standard InChI is InChI=1S/C15H20F3NO2/c1-2-20-11-7-10(8-11)9-13(19)12-5-3-4-6-14(12)21-15(16,17)18/h3-6,10-11,13H,2,7-9,19H2,1H3. The second-order valence-electron chi connectivity index (χ2n) is 5.34. The molecule has 0 aromatic heterocycles. The van der Waals surface area contributed by atoms with Crippen molar-refractivity contribution in [2.24, 2.45) is 11.7 Å². The van der Waals surface area contributed by atoms with Crippen molar-refractivity contribution >= 4 is 0 Å². The Morgan fingerprint density at radius 2 is 1.95 bits per heavy atom. The van der Waals surface area contributed by atoms with Gasteiger partial charge in [-0.15, -0.1) is 13.2 Å². The average molecular weight is 303 g/mol. The Bertz CT molecular complexity index is 458. The third kappa shape index (κ3) is 4.61. The molecule has 1 fully saturated rings. The molecular formula is C15H20F3NO2. The first-order valence-corrected chi connectivity index (χ1v) is 7.11. The van der Waals surface area contributed by atoms with Crippen LogP contribution in [0.5, 0.6) is 5.75 Å². The molecule has 21 heavy (non-hydrogen) atoms. The minimum Gasteiger partial charge on any atom is -0.405 e. The Labute approximate surface area is 122 Å². The van der Waals surface area contributed by atoms with Crippen molar-refractivity contribution in [3.63, 3.8) is 0 Å². The fourth-order valence-electron chi connectivity index (χ4n) is 2.73. The van der Waals surface area contributed by atoms with E-state index in [1.807, 2.05) is 6.92 Å². The third-order valence-electron chi connectivity index (χ3n) is 3.73. The van der Waals surface area contributed by atoms with Crippen LogP contribution in [0.1, 0.15) is 37.8 Å². The number of para-hydroxylation sites is 1. The van der Waals surface area contributed by atoms with Crippen LogP contribution in [0, 0.1) is 5.92 Å². The molecule has 0 amide bonds. The lowest BCUT2D eigenvalue weighted by atomic mass is 9.77. The summed E-state index contributed by atoms with van der Waals surface area (Å²) in [7, 11) is 0. The fraction of sp³-hybridized carbons (Fsp3) is 0.600. The Balaban J connectivity index is 1.95. The summed E-state index contributed by atoms with van der Waals surface area (Å²) in [6.07, 6.45) is -1.95. The van der Waals surface area contributed by atoms with Crippen molar-refractivity contribution in [2.45, 2.75) is 44.7 Å². The fourth-order valence-corrected chi connectivity index (χ4v) is 2.73. The highest BCUT2D eigenvalue weighted by atomic mass is 19.4. The third-order valence-corrected chi connectivity index (χ3v) is 3.73. The lowest BCUT2D eigenvalue weighted by Crippen LogP contribution is -2.33. The van der Waals surface area contributed by atoms with E-state index in [1.54, 1.807) is 12.1 Å². The molecule has 118 valence electrons. The lowest BCUT2D eigenvalue weighted by molar-refractivity contribution is -0.275. The SMILES string of the molecule is CCOC1CC(CC(N)c2ccccc2OC(F)(F)F)C1. The Morgan fingerprint density at radius 1 is 1.29 bits per heavy atom. The van der Waals surface area contributed by atoms with Gasteiger partial charge >= 0.3 is 6.36 Å². The first-order chi connectivity index (χ1) is 9.89. The van der Waals surface area contributed by atoms with Crippen LogP contribution in [0.2, 0.25) is 0 Å². The van der Waals surface area contributed by atoms with E-state index in [-0.39, 0.29) is 11.9 Å². The highest BCUT2D eigenvalue weighted by Crippen LogP contribution is 2.38. The second kappa shape index (κ2) is 6.66. The molecule has 2 rings (SSSR count). The van der Waals surface area contributed by atoms with Gasteiger partial charge in [0, 0.05) is 18.2 Å². The minimum atomic E-state index is -4.70. The predicted molar refractivity (Wildman–Crippen MR) is 72.8 cm³/mol. The molecule has 1 atom stereocenters. The minimum absolute atomic E-state index is 0.210. The van der Waals surface area contributed by atoms with Crippen molar-refractivity contribution in [1.82, 2.24) is 0 Å². The van der Waals surface area contributed by atoms with Crippen LogP contribution >= 0.6 is 0 Å². The molecule has 1 saturated carbocycles. The maximum Gasteiger partial charge on any atom is 0.573 e. The van der Waals surface area contributed by atoms with Gasteiger partial charge < -0.3 is 15.2 Å². The molecule has 0 saturated heterocycles. The molecule has 0 aliphatic heterocycles. The highest BCUT2D eigenvalue weighted by molar-refractivity contribution is 5.36. The molecule has 2 N–H and O–H groups in total. The van der Waals surface area contributed by atoms with Crippen LogP contribution in [0.3, 0.4) is 0 Å². The van der Waals surface area contributed by atoms with E-state index in [4.69, 9.17) is 10.5 Å². The highest BCUT2D eigenvalue weighted by Gasteiger charge is 2.34. The zero-order valence-electron chi connectivity index (χ0n) is 11.9. The van der Waals surface area contributed by atoms with Crippen molar-refractivity contribution in [3.05, 3.63) is 29.8 Å². The number of halogens is 3. The lowest BCUT2D eigenvalue weighted by Gasteiger charge is -2.36. The van der Waals surface area contributed by atoms with Crippen LogP contribution < -0.4 is 10.5 Å². The predicted octanol–water partition coefficient (Wildman–Crippen LogP) is 3.79. The first kappa shape index (κ1) is 16.1. The van der Waals surface area contributed by atoms with Gasteiger partial charge in [-0.1, -0.05) is 18.2 Å². The van der Waals surface area contributed by atoms with Crippen LogP contribution in [0.15, 0.2) is 24.3 Å². The monoisotopic (exact) mass is 303 g/mol. The number of hydrogen-bond donors (Lipinski definition) is 1. The normalized spacial score (nSPS) is 23.5. The molecule has 1 aliphatic rings. The van der Waals surface area contributed by atoms with Crippen LogP contribution in [-0.4, -0.2) is 19.1 Å². The summed E-state index contributed by atoms with van der Waals surface area (Å²) >= 11 is 0. The summed E-state index contributed by atoms with van der Waals surface area (Å²) in [4.78, 5) is 0. The van der Waals surface area contributed by atoms with Crippen molar-refractivity contribution in [3.8, 4) is 5.75 Å². The van der Waals surface area contributed by atoms with E-state index in [9.17, 15) is 13.2 Å². The van der Waals surface area contributed by atoms with Gasteiger partial charge in [-0.2, -0.15) is 0 Å². The van der Waals surface area contributed by atoms with Gasteiger partial charge in [-0.25, -0.2) is 0 Å². The molecule has 1 aromatic carbocycles. The molecule has 6 heteroatoms. The van der Waals surface area contributed by atoms with Gasteiger partial charge in [-0.05, 0) is 38.2 Å². The van der Waals surface area contributed by atoms with Gasteiger partial charge in [0.2, 0.25) is 0 Å². The summed E-state index contributed by atoms with van der Waals surface area (Å²) < 4.78 is 46.7. The van der Waals surface area contributed by atoms with Crippen LogP contribution in [0.4, 0.5) is 13.2 Å². The summed E-state index contributed by atoms with van der Waals surface area (Å²) in [5.41, 5.74) is 6.45. The first-order valence-electron chi connectivity index (χ1n) is 7.11. The van der Waals surface area contributed by atoms with Crippen LogP contribution in [0.25, 0.3) is 0 Å². The molecule has 1 unspecified atom stereocenters. The van der Waals surface area contributed by atoms with Gasteiger partial charge in [0.1, 0.15) is 5.75 Å². The number of hydrogen-bond acceptors (Lipinski definition) is 3. The van der Waals surface area contributed by atoms with Gasteiger partial charge in [0.25, 0.3) is 0 Å². The summed E-state index contributed by atoms with van der Waals surface area (Å²) in [6, 6.07) is 5.60. The van der Waals surface area contributed by atoms with Crippen LogP contribution in [-0.2, 0) is 4.74 Å². The van der Waals surface area contributed by atoms with Gasteiger partial charge in [0.15, 0.2) is 0 Å². The number of benzene rings is 1. The van der Waals surface area contributed by atoms with E-state index in [0.29, 0.717) is 24.5 Å². The van der Waals surface area contributed by atoms with E-state index in [0.717, 1.165) is 12.8 Å². The number of rotatable bonds is 6. The van der Waals surface area contributed by atoms with E-state index in [1.165, 1.54) is 12.1 Å². The summed E-state index contributed by atoms with van der Waals surface area (Å²) in [6.45, 7) is 2.63. The zero-order valence-corrected chi connectivity index (χ0v) is 11.9. The molecule has 0 spiro atoms. The Morgan fingerprint density at radius 3 is 2.57 bits per heavy atom. The Kier molecular flexibility index (Phi) is 5.11. The van der Waals surface area contributed by atoms with Gasteiger partial charge in [-0.3, -0.25) is 0 Å². The molecule has 1 aliphatic carbocycles. The topological polar surface area (TPSA) is 44.5 Å². The average Bonchev–Trinajstić information content (AvgIpc) is 2.35. The maximum atomic E-state index is 12.4. The molecule has 1 aromatic rings. The largest absolute Gasteiger partial charge is 0.573 e. The van der Waals surface area contributed by atoms with E-state index in [2.05, 4.69) is 4.74 Å². The second-order valence-corrected chi connectivity index (χ2v) is 5.34. The zero-order chi connectivity index (χ0) is 15.5. The molecule has 3 nitrogen and oxygen atoms in total. The number of alkyl halides is 3. The maximum absolute atomic E-state index is 12.4. The summed E-state index contributed by atoms with van der Waals surface area (Å²) in [5.74, 6) is 0.189. The van der Waals surface area contributed by atoms with E-state index < -0.39 is 12.4 Å². The van der Waals surface area contributed by atoms with Crippen molar-refractivity contribution < 1.29 is 22.6 Å². The van der Waals surface area contributed by atoms with Crippen molar-refractivity contribution in [1.29, 1.82) is 0 Å². The number of nitrogens with two attached hydrogens (primary N) is 1. The Hall–Kier alpha value is -1.27. The molecule has 0 bridgehead atoms. The molecular weight excluding hydrogens is 283 g/mol.